The number of carbonyl (C=O) groups excluding carboxylic acids is 1. The van der Waals surface area contributed by atoms with Crippen LogP contribution in [0.4, 0.5) is 0 Å². The lowest BCUT2D eigenvalue weighted by molar-refractivity contribution is -0.114. The minimum atomic E-state index is 0. The van der Waals surface area contributed by atoms with Gasteiger partial charge in [0.15, 0.2) is 17.3 Å². The van der Waals surface area contributed by atoms with Crippen LogP contribution >= 0.6 is 0 Å². The van der Waals surface area contributed by atoms with Gasteiger partial charge in [0, 0.05) is 6.42 Å². The number of benzene rings is 1. The molecule has 0 saturated carbocycles. The van der Waals surface area contributed by atoms with E-state index in [1.807, 2.05) is 12.1 Å². The Morgan fingerprint density at radius 1 is 1.33 bits per heavy atom. The Bertz CT molecular complexity index is 450. The second-order valence-corrected chi connectivity index (χ2v) is 4.87. The van der Waals surface area contributed by atoms with E-state index in [1.165, 1.54) is 20.0 Å². The van der Waals surface area contributed by atoms with Crippen LogP contribution in [0, 0.1) is 0 Å². The second-order valence-electron chi connectivity index (χ2n) is 4.87. The first-order valence-corrected chi connectivity index (χ1v) is 7.22. The third-order valence-corrected chi connectivity index (χ3v) is 3.18. The largest absolute Gasteiger partial charge is 0.504 e. The molecule has 0 aliphatic rings. The van der Waals surface area contributed by atoms with Crippen molar-refractivity contribution < 1.29 is 14.6 Å². The van der Waals surface area contributed by atoms with Crippen molar-refractivity contribution in [2.75, 3.05) is 7.11 Å². The van der Waals surface area contributed by atoms with Crippen molar-refractivity contribution in [3.05, 3.63) is 35.9 Å². The molecule has 0 aliphatic heterocycles. The molecule has 0 spiro atoms. The van der Waals surface area contributed by atoms with E-state index in [1.54, 1.807) is 18.2 Å². The number of rotatable bonds is 9. The highest BCUT2D eigenvalue weighted by atomic mass is 16.5. The SMILES string of the molecule is C.CCCCC/C=C/C(=O)CCc1ccc(O)c(OC)c1. The van der Waals surface area contributed by atoms with E-state index in [4.69, 9.17) is 4.74 Å². The first-order valence-electron chi connectivity index (χ1n) is 7.22. The maximum Gasteiger partial charge on any atom is 0.160 e. The molecule has 0 saturated heterocycles. The number of ketones is 1. The summed E-state index contributed by atoms with van der Waals surface area (Å²) in [4.78, 5) is 11.7. The molecule has 1 rings (SSSR count). The monoisotopic (exact) mass is 292 g/mol. The molecule has 0 fully saturated rings. The summed E-state index contributed by atoms with van der Waals surface area (Å²) in [5, 5.41) is 9.50. The van der Waals surface area contributed by atoms with Crippen molar-refractivity contribution >= 4 is 5.78 Å². The molecular formula is C18H28O3. The summed E-state index contributed by atoms with van der Waals surface area (Å²) in [7, 11) is 1.52. The molecule has 0 unspecified atom stereocenters. The van der Waals surface area contributed by atoms with Crippen LogP contribution in [-0.4, -0.2) is 18.0 Å². The molecule has 0 atom stereocenters. The number of aryl methyl sites for hydroxylation is 1. The summed E-state index contributed by atoms with van der Waals surface area (Å²) in [6.45, 7) is 2.17. The van der Waals surface area contributed by atoms with Crippen LogP contribution in [0.25, 0.3) is 0 Å². The summed E-state index contributed by atoms with van der Waals surface area (Å²) in [6.07, 6.45) is 9.34. The van der Waals surface area contributed by atoms with Gasteiger partial charge in [-0.15, -0.1) is 0 Å². The summed E-state index contributed by atoms with van der Waals surface area (Å²) in [5.41, 5.74) is 0.993. The average Bonchev–Trinajstić information content (AvgIpc) is 2.46. The highest BCUT2D eigenvalue weighted by molar-refractivity contribution is 5.89. The standard InChI is InChI=1S/C17H24O3.CH4/c1-3-4-5-6-7-8-15(18)11-9-14-10-12-16(19)17(13-14)20-2;/h7-8,10,12-13,19H,3-6,9,11H2,1-2H3;1H4/b8-7+;. The van der Waals surface area contributed by atoms with Crippen molar-refractivity contribution in [2.45, 2.75) is 52.9 Å². The van der Waals surface area contributed by atoms with Crippen molar-refractivity contribution in [2.24, 2.45) is 0 Å². The molecule has 1 aromatic rings. The Labute approximate surface area is 128 Å². The molecule has 1 aromatic carbocycles. The fraction of sp³-hybridized carbons (Fsp3) is 0.500. The second kappa shape index (κ2) is 11.0. The van der Waals surface area contributed by atoms with Crippen molar-refractivity contribution in [3.8, 4) is 11.5 Å². The maximum absolute atomic E-state index is 11.7. The van der Waals surface area contributed by atoms with Gasteiger partial charge in [0.2, 0.25) is 0 Å². The number of aromatic hydroxyl groups is 1. The minimum Gasteiger partial charge on any atom is -0.504 e. The topological polar surface area (TPSA) is 46.5 Å². The van der Waals surface area contributed by atoms with Gasteiger partial charge in [-0.05, 0) is 43.0 Å². The Hall–Kier alpha value is -1.77. The smallest absolute Gasteiger partial charge is 0.160 e. The predicted octanol–water partition coefficient (Wildman–Crippen LogP) is 4.68. The number of hydrogen-bond donors (Lipinski definition) is 1. The number of carbonyl (C=O) groups is 1. The molecule has 21 heavy (non-hydrogen) atoms. The van der Waals surface area contributed by atoms with E-state index in [9.17, 15) is 9.90 Å². The predicted molar refractivity (Wildman–Crippen MR) is 88.0 cm³/mol. The number of hydrogen-bond acceptors (Lipinski definition) is 3. The van der Waals surface area contributed by atoms with Crippen molar-refractivity contribution in [3.63, 3.8) is 0 Å². The highest BCUT2D eigenvalue weighted by Crippen LogP contribution is 2.26. The van der Waals surface area contributed by atoms with Crippen LogP contribution < -0.4 is 4.74 Å². The van der Waals surface area contributed by atoms with Crippen LogP contribution in [0.2, 0.25) is 0 Å². The van der Waals surface area contributed by atoms with Gasteiger partial charge in [-0.2, -0.15) is 0 Å². The van der Waals surface area contributed by atoms with E-state index in [0.717, 1.165) is 18.4 Å². The molecular weight excluding hydrogens is 264 g/mol. The number of phenolic OH excluding ortho intramolecular Hbond substituents is 1. The number of allylic oxidation sites excluding steroid dienone is 2. The van der Waals surface area contributed by atoms with E-state index >= 15 is 0 Å². The number of methoxy groups -OCH3 is 1. The lowest BCUT2D eigenvalue weighted by atomic mass is 10.1. The number of phenols is 1. The zero-order valence-corrected chi connectivity index (χ0v) is 12.4. The third kappa shape index (κ3) is 7.54. The van der Waals surface area contributed by atoms with Gasteiger partial charge in [0.05, 0.1) is 7.11 Å². The van der Waals surface area contributed by atoms with Gasteiger partial charge < -0.3 is 9.84 Å². The van der Waals surface area contributed by atoms with Gasteiger partial charge in [0.1, 0.15) is 0 Å². The van der Waals surface area contributed by atoms with E-state index in [0.29, 0.717) is 18.6 Å². The van der Waals surface area contributed by atoms with Crippen LogP contribution in [0.5, 0.6) is 11.5 Å². The lowest BCUT2D eigenvalue weighted by Crippen LogP contribution is -1.96. The van der Waals surface area contributed by atoms with Gasteiger partial charge in [-0.1, -0.05) is 39.3 Å². The first-order chi connectivity index (χ1) is 9.67. The van der Waals surface area contributed by atoms with Crippen molar-refractivity contribution in [1.82, 2.24) is 0 Å². The molecule has 3 nitrogen and oxygen atoms in total. The molecule has 0 bridgehead atoms. The Morgan fingerprint density at radius 2 is 2.10 bits per heavy atom. The molecule has 3 heteroatoms. The number of unbranched alkanes of at least 4 members (excludes halogenated alkanes) is 3. The molecule has 1 N–H and O–H groups in total. The minimum absolute atomic E-state index is 0. The zero-order chi connectivity index (χ0) is 14.8. The first kappa shape index (κ1) is 19.2. The zero-order valence-electron chi connectivity index (χ0n) is 12.4. The van der Waals surface area contributed by atoms with Crippen LogP contribution in [0.1, 0.15) is 52.0 Å². The van der Waals surface area contributed by atoms with Gasteiger partial charge >= 0.3 is 0 Å². The molecule has 0 aliphatic carbocycles. The third-order valence-electron chi connectivity index (χ3n) is 3.18. The van der Waals surface area contributed by atoms with Crippen molar-refractivity contribution in [1.29, 1.82) is 0 Å². The fourth-order valence-corrected chi connectivity index (χ4v) is 1.96. The highest BCUT2D eigenvalue weighted by Gasteiger charge is 2.04. The van der Waals surface area contributed by atoms with E-state index < -0.39 is 0 Å². The maximum atomic E-state index is 11.7. The summed E-state index contributed by atoms with van der Waals surface area (Å²) in [6, 6.07) is 5.18. The normalized spacial score (nSPS) is 10.4. The molecule has 0 aromatic heterocycles. The Morgan fingerprint density at radius 3 is 2.76 bits per heavy atom. The molecule has 0 amide bonds. The van der Waals surface area contributed by atoms with E-state index in [-0.39, 0.29) is 19.0 Å². The number of ether oxygens (including phenoxy) is 1. The summed E-state index contributed by atoms with van der Waals surface area (Å²) < 4.78 is 5.05. The summed E-state index contributed by atoms with van der Waals surface area (Å²) >= 11 is 0. The van der Waals surface area contributed by atoms with Gasteiger partial charge in [0.25, 0.3) is 0 Å². The van der Waals surface area contributed by atoms with E-state index in [2.05, 4.69) is 6.92 Å². The average molecular weight is 292 g/mol. The Kier molecular flexibility index (Phi) is 10.0. The molecule has 118 valence electrons. The Balaban J connectivity index is 0.00000400. The van der Waals surface area contributed by atoms with Crippen LogP contribution in [-0.2, 0) is 11.2 Å². The summed E-state index contributed by atoms with van der Waals surface area (Å²) in [5.74, 6) is 0.719. The lowest BCUT2D eigenvalue weighted by Gasteiger charge is -2.05. The van der Waals surface area contributed by atoms with Crippen LogP contribution in [0.3, 0.4) is 0 Å². The molecule has 0 heterocycles. The van der Waals surface area contributed by atoms with Gasteiger partial charge in [-0.25, -0.2) is 0 Å². The fourth-order valence-electron chi connectivity index (χ4n) is 1.96. The van der Waals surface area contributed by atoms with Crippen LogP contribution in [0.15, 0.2) is 30.4 Å². The van der Waals surface area contributed by atoms with Gasteiger partial charge in [-0.3, -0.25) is 4.79 Å². The quantitative estimate of drug-likeness (QED) is 0.531. The molecule has 0 radical (unpaired) electrons.